The van der Waals surface area contributed by atoms with Crippen molar-refractivity contribution in [1.82, 2.24) is 5.32 Å². The summed E-state index contributed by atoms with van der Waals surface area (Å²) in [6, 6.07) is 2.64. The van der Waals surface area contributed by atoms with Gasteiger partial charge in [0.1, 0.15) is 0 Å². The topological polar surface area (TPSA) is 32.3 Å². The van der Waals surface area contributed by atoms with Crippen LogP contribution in [0.3, 0.4) is 0 Å². The number of rotatable bonds is 9. The van der Waals surface area contributed by atoms with Crippen molar-refractivity contribution in [2.45, 2.75) is 110 Å². The van der Waals surface area contributed by atoms with Crippen LogP contribution < -0.4 is 5.32 Å². The molecule has 0 heterocycles. The van der Waals surface area contributed by atoms with Gasteiger partial charge in [0, 0.05) is 0 Å². The molecule has 1 aromatic rings. The van der Waals surface area contributed by atoms with E-state index >= 15 is 0 Å². The van der Waals surface area contributed by atoms with Gasteiger partial charge < -0.3 is 10.4 Å². The molecule has 1 aromatic carbocycles. The van der Waals surface area contributed by atoms with E-state index in [0.717, 1.165) is 30.6 Å². The first-order valence-corrected chi connectivity index (χ1v) is 13.3. The van der Waals surface area contributed by atoms with Gasteiger partial charge in [0.05, 0.1) is 0 Å². The molecule has 2 saturated carbocycles. The molecule has 2 nitrogen and oxygen atoms in total. The number of hydrogen-bond acceptors (Lipinski definition) is 2. The summed E-state index contributed by atoms with van der Waals surface area (Å²) in [6.07, 6.45) is 18.1. The summed E-state index contributed by atoms with van der Waals surface area (Å²) in [7, 11) is 2.01. The number of phenolic OH excluding ortho intramolecular Hbond substituents is 1. The summed E-state index contributed by atoms with van der Waals surface area (Å²) in [5.74, 6) is 0.342. The molecule has 0 aliphatic heterocycles. The zero-order chi connectivity index (χ0) is 23.3. The highest BCUT2D eigenvalue weighted by atomic mass is 19.1. The Morgan fingerprint density at radius 3 is 1.88 bits per heavy atom. The highest BCUT2D eigenvalue weighted by Crippen LogP contribution is 2.45. The van der Waals surface area contributed by atoms with Gasteiger partial charge in [0.25, 0.3) is 0 Å². The van der Waals surface area contributed by atoms with Crippen LogP contribution in [0.25, 0.3) is 0 Å². The van der Waals surface area contributed by atoms with Crippen LogP contribution in [0.2, 0.25) is 0 Å². The van der Waals surface area contributed by atoms with Gasteiger partial charge in [0.15, 0.2) is 17.4 Å². The number of phenols is 1. The molecule has 0 bridgehead atoms. The summed E-state index contributed by atoms with van der Waals surface area (Å²) < 4.78 is 27.1. The number of benzene rings is 1. The number of aromatic hydroxyl groups is 1. The van der Waals surface area contributed by atoms with Crippen molar-refractivity contribution in [3.8, 4) is 5.75 Å². The second-order valence-corrected chi connectivity index (χ2v) is 10.2. The van der Waals surface area contributed by atoms with Gasteiger partial charge in [-0.3, -0.25) is 0 Å². The van der Waals surface area contributed by atoms with Crippen molar-refractivity contribution >= 4 is 0 Å². The fourth-order valence-electron chi connectivity index (χ4n) is 5.83. The molecular weight excluding hydrogens is 404 g/mol. The number of nitrogens with one attached hydrogen (secondary N) is 1. The molecule has 0 unspecified atom stereocenters. The van der Waals surface area contributed by atoms with Gasteiger partial charge in [-0.1, -0.05) is 58.8 Å². The van der Waals surface area contributed by atoms with Crippen LogP contribution in [0, 0.1) is 29.4 Å². The van der Waals surface area contributed by atoms with Crippen LogP contribution in [0.1, 0.15) is 115 Å². The van der Waals surface area contributed by atoms with Crippen molar-refractivity contribution in [1.29, 1.82) is 0 Å². The lowest BCUT2D eigenvalue weighted by Crippen LogP contribution is -2.25. The highest BCUT2D eigenvalue weighted by molar-refractivity contribution is 5.32. The fourth-order valence-corrected chi connectivity index (χ4v) is 5.83. The van der Waals surface area contributed by atoms with Crippen LogP contribution in [0.4, 0.5) is 8.78 Å². The first-order valence-electron chi connectivity index (χ1n) is 13.3. The largest absolute Gasteiger partial charge is 0.503 e. The van der Waals surface area contributed by atoms with Gasteiger partial charge in [-0.2, -0.15) is 0 Å². The molecule has 3 rings (SSSR count). The van der Waals surface area contributed by atoms with E-state index in [0.29, 0.717) is 5.56 Å². The third-order valence-corrected chi connectivity index (χ3v) is 7.82. The van der Waals surface area contributed by atoms with Gasteiger partial charge in [-0.15, -0.1) is 0 Å². The van der Waals surface area contributed by atoms with Crippen molar-refractivity contribution < 1.29 is 13.9 Å². The zero-order valence-corrected chi connectivity index (χ0v) is 20.8. The van der Waals surface area contributed by atoms with E-state index in [-0.39, 0.29) is 5.92 Å². The predicted octanol–water partition coefficient (Wildman–Crippen LogP) is 8.34. The predicted molar refractivity (Wildman–Crippen MR) is 131 cm³/mol. The van der Waals surface area contributed by atoms with Crippen LogP contribution >= 0.6 is 0 Å². The fraction of sp³-hybridized carbons (Fsp3) is 0.786. The van der Waals surface area contributed by atoms with Gasteiger partial charge in [-0.25, -0.2) is 8.78 Å². The first-order chi connectivity index (χ1) is 15.5. The molecule has 0 amide bonds. The SMILES string of the molecule is CCCC1CCC(C2CCC(c3cc(F)c(O)c(F)c3)CC2)CC1.CCCCCCNC. The molecule has 184 valence electrons. The van der Waals surface area contributed by atoms with E-state index in [1.807, 2.05) is 7.05 Å². The van der Waals surface area contributed by atoms with E-state index in [1.54, 1.807) is 0 Å². The Balaban J connectivity index is 0.000000390. The van der Waals surface area contributed by atoms with E-state index < -0.39 is 17.4 Å². The monoisotopic (exact) mass is 451 g/mol. The Bertz CT molecular complexity index is 605. The molecule has 2 fully saturated rings. The van der Waals surface area contributed by atoms with E-state index in [9.17, 15) is 13.9 Å². The number of unbranched alkanes of at least 4 members (excludes halogenated alkanes) is 3. The molecule has 0 aromatic heterocycles. The maximum absolute atomic E-state index is 13.6. The molecule has 0 saturated heterocycles. The molecule has 0 spiro atoms. The maximum Gasteiger partial charge on any atom is 0.187 e. The standard InChI is InChI=1S/C21H30F2O.C7H17N/c1-2-3-14-4-6-15(7-5-14)16-8-10-17(11-9-16)18-12-19(22)21(24)20(23)13-18;1-3-4-5-6-7-8-2/h12-17,24H,2-11H2,1H3;8H,3-7H2,1-2H3. The van der Waals surface area contributed by atoms with Crippen molar-refractivity contribution in [2.75, 3.05) is 13.6 Å². The van der Waals surface area contributed by atoms with Crippen LogP contribution in [0.5, 0.6) is 5.75 Å². The highest BCUT2D eigenvalue weighted by Gasteiger charge is 2.31. The summed E-state index contributed by atoms with van der Waals surface area (Å²) in [6.45, 7) is 5.70. The van der Waals surface area contributed by atoms with Gasteiger partial charge >= 0.3 is 0 Å². The van der Waals surface area contributed by atoms with Crippen LogP contribution in [-0.4, -0.2) is 18.7 Å². The lowest BCUT2D eigenvalue weighted by Gasteiger charge is -2.38. The minimum absolute atomic E-state index is 0.238. The minimum Gasteiger partial charge on any atom is -0.503 e. The Morgan fingerprint density at radius 2 is 1.38 bits per heavy atom. The summed E-state index contributed by atoms with van der Waals surface area (Å²) in [5.41, 5.74) is 0.716. The summed E-state index contributed by atoms with van der Waals surface area (Å²) >= 11 is 0. The number of hydrogen-bond donors (Lipinski definition) is 2. The van der Waals surface area contributed by atoms with Gasteiger partial charge in [0.2, 0.25) is 0 Å². The molecule has 0 atom stereocenters. The Morgan fingerprint density at radius 1 is 0.812 bits per heavy atom. The lowest BCUT2D eigenvalue weighted by molar-refractivity contribution is 0.156. The molecule has 2 aliphatic rings. The second-order valence-electron chi connectivity index (χ2n) is 10.2. The Labute approximate surface area is 195 Å². The third kappa shape index (κ3) is 8.65. The van der Waals surface area contributed by atoms with E-state index in [2.05, 4.69) is 19.2 Å². The molecule has 4 heteroatoms. The quantitative estimate of drug-likeness (QED) is 0.370. The lowest BCUT2D eigenvalue weighted by atomic mass is 9.68. The average molecular weight is 452 g/mol. The van der Waals surface area contributed by atoms with Crippen LogP contribution in [-0.2, 0) is 0 Å². The molecule has 32 heavy (non-hydrogen) atoms. The van der Waals surface area contributed by atoms with Crippen molar-refractivity contribution in [3.63, 3.8) is 0 Å². The summed E-state index contributed by atoms with van der Waals surface area (Å²) in [4.78, 5) is 0. The molecular formula is C28H47F2NO. The molecule has 2 aliphatic carbocycles. The van der Waals surface area contributed by atoms with E-state index in [1.165, 1.54) is 95.7 Å². The smallest absolute Gasteiger partial charge is 0.187 e. The van der Waals surface area contributed by atoms with Gasteiger partial charge in [-0.05, 0) is 99.9 Å². The molecule has 0 radical (unpaired) electrons. The average Bonchev–Trinajstić information content (AvgIpc) is 2.81. The van der Waals surface area contributed by atoms with Crippen molar-refractivity contribution in [2.24, 2.45) is 17.8 Å². The van der Waals surface area contributed by atoms with Crippen molar-refractivity contribution in [3.05, 3.63) is 29.3 Å². The third-order valence-electron chi connectivity index (χ3n) is 7.82. The Kier molecular flexibility index (Phi) is 12.6. The first kappa shape index (κ1) is 27.1. The zero-order valence-electron chi connectivity index (χ0n) is 20.8. The minimum atomic E-state index is -0.851. The molecule has 2 N–H and O–H groups in total. The number of halogens is 2. The van der Waals surface area contributed by atoms with Crippen LogP contribution in [0.15, 0.2) is 12.1 Å². The maximum atomic E-state index is 13.6. The Hall–Kier alpha value is -1.16. The normalized spacial score (nSPS) is 25.8. The van der Waals surface area contributed by atoms with E-state index in [4.69, 9.17) is 0 Å². The second kappa shape index (κ2) is 14.9. The summed E-state index contributed by atoms with van der Waals surface area (Å²) in [5, 5.41) is 12.4.